The van der Waals surface area contributed by atoms with Gasteiger partial charge >= 0.3 is 0 Å². The SMILES string of the molecule is C=C/C(=C\C(=C/C)c1ccc2[nH]nc(-c3cc4c(-c5ccccn5)cncc4[nH]3)c2n1)NC(=C)CC. The standard InChI is InChI=1S/C29H27N7/c1-5-18(4)32-20(7-3)14-19(6-2)23-11-12-25-28(34-23)29(36-35-25)26-15-21-22(16-30-17-27(21)33-26)24-10-8-9-13-31-24/h6-17,32-33H,3-5H2,1-2H3,(H,35,36)/b19-6+,20-14+. The Hall–Kier alpha value is -4.78. The van der Waals surface area contributed by atoms with Crippen molar-refractivity contribution in [1.29, 1.82) is 0 Å². The number of nitrogens with zero attached hydrogens (tertiary/aromatic N) is 4. The van der Waals surface area contributed by atoms with Crippen LogP contribution in [0.4, 0.5) is 0 Å². The Kier molecular flexibility index (Phi) is 6.28. The molecule has 178 valence electrons. The van der Waals surface area contributed by atoms with Gasteiger partial charge in [-0.2, -0.15) is 5.10 Å². The van der Waals surface area contributed by atoms with Gasteiger partial charge in [0.1, 0.15) is 11.2 Å². The van der Waals surface area contributed by atoms with Gasteiger partial charge in [-0.25, -0.2) is 4.98 Å². The molecule has 0 unspecified atom stereocenters. The molecular formula is C29H27N7. The summed E-state index contributed by atoms with van der Waals surface area (Å²) in [6.45, 7) is 12.0. The molecule has 0 saturated heterocycles. The van der Waals surface area contributed by atoms with Gasteiger partial charge in [-0.3, -0.25) is 15.1 Å². The molecule has 0 aliphatic carbocycles. The minimum atomic E-state index is 0.746. The van der Waals surface area contributed by atoms with Gasteiger partial charge in [0.05, 0.1) is 34.3 Å². The van der Waals surface area contributed by atoms with E-state index < -0.39 is 0 Å². The van der Waals surface area contributed by atoms with Crippen LogP contribution >= 0.6 is 0 Å². The molecule has 36 heavy (non-hydrogen) atoms. The topological polar surface area (TPSA) is 95.2 Å². The lowest BCUT2D eigenvalue weighted by atomic mass is 10.1. The predicted molar refractivity (Wildman–Crippen MR) is 147 cm³/mol. The lowest BCUT2D eigenvalue weighted by molar-refractivity contribution is 0.920. The van der Waals surface area contributed by atoms with Gasteiger partial charge in [-0.15, -0.1) is 0 Å². The lowest BCUT2D eigenvalue weighted by Gasteiger charge is -2.10. The third kappa shape index (κ3) is 4.34. The Labute approximate surface area is 209 Å². The highest BCUT2D eigenvalue weighted by atomic mass is 15.1. The zero-order valence-electron chi connectivity index (χ0n) is 20.3. The summed E-state index contributed by atoms with van der Waals surface area (Å²) < 4.78 is 0. The van der Waals surface area contributed by atoms with E-state index >= 15 is 0 Å². The fourth-order valence-electron chi connectivity index (χ4n) is 4.06. The fourth-order valence-corrected chi connectivity index (χ4v) is 4.06. The molecule has 3 N–H and O–H groups in total. The van der Waals surface area contributed by atoms with E-state index in [1.54, 1.807) is 12.3 Å². The summed E-state index contributed by atoms with van der Waals surface area (Å²) in [4.78, 5) is 17.3. The molecule has 0 aliphatic heterocycles. The molecule has 0 radical (unpaired) electrons. The van der Waals surface area contributed by atoms with Crippen molar-refractivity contribution in [3.63, 3.8) is 0 Å². The molecule has 5 rings (SSSR count). The zero-order valence-corrected chi connectivity index (χ0v) is 20.3. The summed E-state index contributed by atoms with van der Waals surface area (Å²) in [6, 6.07) is 11.9. The number of hydrogen-bond donors (Lipinski definition) is 3. The van der Waals surface area contributed by atoms with Crippen LogP contribution in [-0.2, 0) is 0 Å². The molecule has 5 aromatic rings. The molecule has 0 saturated carbocycles. The molecule has 0 aromatic carbocycles. The van der Waals surface area contributed by atoms with E-state index in [1.165, 1.54) is 0 Å². The summed E-state index contributed by atoms with van der Waals surface area (Å²) in [5, 5.41) is 12.0. The number of aromatic amines is 2. The van der Waals surface area contributed by atoms with Gasteiger partial charge in [0.2, 0.25) is 0 Å². The van der Waals surface area contributed by atoms with E-state index in [0.29, 0.717) is 0 Å². The summed E-state index contributed by atoms with van der Waals surface area (Å²) in [6.07, 6.45) is 12.1. The number of allylic oxidation sites excluding steroid dienone is 5. The van der Waals surface area contributed by atoms with Crippen LogP contribution in [0.5, 0.6) is 0 Å². The third-order valence-corrected chi connectivity index (χ3v) is 6.03. The molecule has 0 atom stereocenters. The van der Waals surface area contributed by atoms with Crippen LogP contribution in [0.3, 0.4) is 0 Å². The number of fused-ring (bicyclic) bond motifs is 2. The van der Waals surface area contributed by atoms with E-state index in [2.05, 4.69) is 56.6 Å². The first-order valence-electron chi connectivity index (χ1n) is 11.8. The van der Waals surface area contributed by atoms with Crippen molar-refractivity contribution in [1.82, 2.24) is 35.5 Å². The fraction of sp³-hybridized carbons (Fsp3) is 0.103. The summed E-state index contributed by atoms with van der Waals surface area (Å²) >= 11 is 0. The first kappa shape index (κ1) is 23.0. The molecule has 0 aliphatic rings. The number of rotatable bonds is 8. The summed E-state index contributed by atoms with van der Waals surface area (Å²) in [5.41, 5.74) is 9.59. The molecule has 7 nitrogen and oxygen atoms in total. The molecule has 0 fully saturated rings. The van der Waals surface area contributed by atoms with Crippen molar-refractivity contribution in [3.8, 4) is 22.6 Å². The number of H-pyrrole nitrogens is 2. The van der Waals surface area contributed by atoms with Crippen molar-refractivity contribution in [2.24, 2.45) is 0 Å². The van der Waals surface area contributed by atoms with Gasteiger partial charge in [0, 0.05) is 34.7 Å². The van der Waals surface area contributed by atoms with Gasteiger partial charge < -0.3 is 10.3 Å². The average Bonchev–Trinajstić information content (AvgIpc) is 3.54. The molecule has 0 amide bonds. The van der Waals surface area contributed by atoms with E-state index in [9.17, 15) is 0 Å². The van der Waals surface area contributed by atoms with Gasteiger partial charge in [0.25, 0.3) is 0 Å². The third-order valence-electron chi connectivity index (χ3n) is 6.03. The number of nitrogens with one attached hydrogen (secondary N) is 3. The van der Waals surface area contributed by atoms with Crippen LogP contribution in [0.2, 0.25) is 0 Å². The van der Waals surface area contributed by atoms with E-state index in [1.807, 2.05) is 61.8 Å². The largest absolute Gasteiger partial charge is 0.359 e. The Morgan fingerprint density at radius 3 is 2.78 bits per heavy atom. The van der Waals surface area contributed by atoms with Crippen LogP contribution in [-0.4, -0.2) is 30.1 Å². The van der Waals surface area contributed by atoms with Crippen molar-refractivity contribution >= 4 is 27.5 Å². The van der Waals surface area contributed by atoms with Crippen LogP contribution in [0.25, 0.3) is 50.2 Å². The van der Waals surface area contributed by atoms with Crippen molar-refractivity contribution in [2.45, 2.75) is 20.3 Å². The second-order valence-electron chi connectivity index (χ2n) is 8.34. The predicted octanol–water partition coefficient (Wildman–Crippen LogP) is 6.55. The van der Waals surface area contributed by atoms with E-state index in [-0.39, 0.29) is 0 Å². The lowest BCUT2D eigenvalue weighted by Crippen LogP contribution is -2.09. The number of aromatic nitrogens is 6. The maximum absolute atomic E-state index is 4.98. The monoisotopic (exact) mass is 473 g/mol. The Bertz CT molecular complexity index is 1630. The van der Waals surface area contributed by atoms with Crippen LogP contribution < -0.4 is 5.32 Å². The molecular weight excluding hydrogens is 446 g/mol. The second kappa shape index (κ2) is 9.84. The van der Waals surface area contributed by atoms with Gasteiger partial charge in [0.15, 0.2) is 0 Å². The van der Waals surface area contributed by atoms with Crippen molar-refractivity contribution in [3.05, 3.63) is 103 Å². The highest BCUT2D eigenvalue weighted by molar-refractivity contribution is 5.99. The Balaban J connectivity index is 1.57. The quantitative estimate of drug-likeness (QED) is 0.222. The highest BCUT2D eigenvalue weighted by Gasteiger charge is 2.16. The van der Waals surface area contributed by atoms with E-state index in [4.69, 9.17) is 4.98 Å². The molecule has 0 bridgehead atoms. The molecule has 5 aromatic heterocycles. The van der Waals surface area contributed by atoms with Crippen molar-refractivity contribution in [2.75, 3.05) is 0 Å². The molecule has 5 heterocycles. The minimum absolute atomic E-state index is 0.746. The van der Waals surface area contributed by atoms with Crippen LogP contribution in [0.15, 0.2) is 97.8 Å². The van der Waals surface area contributed by atoms with Gasteiger partial charge in [-0.05, 0) is 61.4 Å². The first-order valence-corrected chi connectivity index (χ1v) is 11.8. The first-order chi connectivity index (χ1) is 17.6. The number of hydrogen-bond acceptors (Lipinski definition) is 5. The maximum Gasteiger partial charge on any atom is 0.135 e. The average molecular weight is 474 g/mol. The summed E-state index contributed by atoms with van der Waals surface area (Å²) in [5.74, 6) is 0. The highest BCUT2D eigenvalue weighted by Crippen LogP contribution is 2.32. The number of pyridine rings is 3. The summed E-state index contributed by atoms with van der Waals surface area (Å²) in [7, 11) is 0. The Morgan fingerprint density at radius 1 is 1.14 bits per heavy atom. The van der Waals surface area contributed by atoms with Crippen LogP contribution in [0.1, 0.15) is 26.0 Å². The molecule has 7 heteroatoms. The normalized spacial score (nSPS) is 12.3. The zero-order chi connectivity index (χ0) is 25.1. The van der Waals surface area contributed by atoms with E-state index in [0.717, 1.165) is 73.7 Å². The Morgan fingerprint density at radius 2 is 2.03 bits per heavy atom. The maximum atomic E-state index is 4.98. The smallest absolute Gasteiger partial charge is 0.135 e. The molecule has 0 spiro atoms. The van der Waals surface area contributed by atoms with Crippen molar-refractivity contribution < 1.29 is 0 Å². The van der Waals surface area contributed by atoms with Gasteiger partial charge in [-0.1, -0.05) is 32.2 Å². The second-order valence-corrected chi connectivity index (χ2v) is 8.34. The minimum Gasteiger partial charge on any atom is -0.359 e. The van der Waals surface area contributed by atoms with Crippen LogP contribution in [0, 0.1) is 0 Å².